The lowest BCUT2D eigenvalue weighted by atomic mass is 9.72. The SMILES string of the molecule is CC(C)c1ccc(SCC2(CBr)CCC2)cc1. The lowest BCUT2D eigenvalue weighted by Crippen LogP contribution is -2.33. The van der Waals surface area contributed by atoms with Crippen molar-refractivity contribution in [2.24, 2.45) is 5.41 Å². The average molecular weight is 313 g/mol. The summed E-state index contributed by atoms with van der Waals surface area (Å²) in [4.78, 5) is 1.42. The first-order chi connectivity index (χ1) is 8.15. The van der Waals surface area contributed by atoms with Gasteiger partial charge in [-0.15, -0.1) is 11.8 Å². The second-order valence-electron chi connectivity index (χ2n) is 5.50. The van der Waals surface area contributed by atoms with E-state index in [-0.39, 0.29) is 0 Å². The van der Waals surface area contributed by atoms with Gasteiger partial charge in [-0.25, -0.2) is 0 Å². The minimum Gasteiger partial charge on any atom is -0.126 e. The van der Waals surface area contributed by atoms with Gasteiger partial charge in [-0.1, -0.05) is 48.3 Å². The minimum atomic E-state index is 0.585. The number of halogens is 1. The molecule has 0 heterocycles. The van der Waals surface area contributed by atoms with Crippen molar-refractivity contribution in [1.29, 1.82) is 0 Å². The molecule has 1 aromatic carbocycles. The van der Waals surface area contributed by atoms with Crippen LogP contribution < -0.4 is 0 Å². The molecule has 1 saturated carbocycles. The fourth-order valence-electron chi connectivity index (χ4n) is 2.18. The molecule has 0 atom stereocenters. The van der Waals surface area contributed by atoms with Crippen LogP contribution in [0.25, 0.3) is 0 Å². The molecule has 0 saturated heterocycles. The van der Waals surface area contributed by atoms with Crippen molar-refractivity contribution in [3.8, 4) is 0 Å². The van der Waals surface area contributed by atoms with E-state index in [9.17, 15) is 0 Å². The average Bonchev–Trinajstić information content (AvgIpc) is 2.29. The van der Waals surface area contributed by atoms with Crippen LogP contribution in [0.1, 0.15) is 44.6 Å². The van der Waals surface area contributed by atoms with Gasteiger partial charge in [0, 0.05) is 16.0 Å². The van der Waals surface area contributed by atoms with Crippen LogP contribution in [0, 0.1) is 5.41 Å². The molecule has 94 valence electrons. The first kappa shape index (κ1) is 13.5. The Hall–Kier alpha value is 0.0500. The van der Waals surface area contributed by atoms with Crippen molar-refractivity contribution in [3.05, 3.63) is 29.8 Å². The Morgan fingerprint density at radius 1 is 1.24 bits per heavy atom. The summed E-state index contributed by atoms with van der Waals surface area (Å²) >= 11 is 5.69. The monoisotopic (exact) mass is 312 g/mol. The number of hydrogen-bond acceptors (Lipinski definition) is 1. The van der Waals surface area contributed by atoms with E-state index in [0.717, 1.165) is 5.33 Å². The first-order valence-electron chi connectivity index (χ1n) is 6.44. The molecule has 1 aliphatic carbocycles. The minimum absolute atomic E-state index is 0.585. The summed E-state index contributed by atoms with van der Waals surface area (Å²) in [7, 11) is 0. The standard InChI is InChI=1S/C15H21BrS/c1-12(2)13-4-6-14(7-5-13)17-11-15(10-16)8-3-9-15/h4-7,12H,3,8-11H2,1-2H3. The highest BCUT2D eigenvalue weighted by Gasteiger charge is 2.35. The summed E-state index contributed by atoms with van der Waals surface area (Å²) in [5, 5.41) is 1.16. The van der Waals surface area contributed by atoms with Crippen LogP contribution in [0.2, 0.25) is 0 Å². The Labute approximate surface area is 118 Å². The predicted octanol–water partition coefficient (Wildman–Crippen LogP) is 5.47. The van der Waals surface area contributed by atoms with Gasteiger partial charge in [0.1, 0.15) is 0 Å². The normalized spacial score (nSPS) is 18.1. The highest BCUT2D eigenvalue weighted by molar-refractivity contribution is 9.09. The van der Waals surface area contributed by atoms with Gasteiger partial charge in [0.15, 0.2) is 0 Å². The highest BCUT2D eigenvalue weighted by atomic mass is 79.9. The molecule has 2 rings (SSSR count). The summed E-state index contributed by atoms with van der Waals surface area (Å²) in [6.07, 6.45) is 4.21. The molecule has 0 unspecified atom stereocenters. The summed E-state index contributed by atoms with van der Waals surface area (Å²) in [6.45, 7) is 4.49. The van der Waals surface area contributed by atoms with Crippen molar-refractivity contribution in [2.75, 3.05) is 11.1 Å². The first-order valence-corrected chi connectivity index (χ1v) is 8.55. The molecular formula is C15H21BrS. The zero-order valence-electron chi connectivity index (χ0n) is 10.7. The molecule has 0 spiro atoms. The number of alkyl halides is 1. The zero-order chi connectivity index (χ0) is 12.3. The highest BCUT2D eigenvalue weighted by Crippen LogP contribution is 2.45. The van der Waals surface area contributed by atoms with Gasteiger partial charge in [0.2, 0.25) is 0 Å². The largest absolute Gasteiger partial charge is 0.126 e. The zero-order valence-corrected chi connectivity index (χ0v) is 13.1. The maximum Gasteiger partial charge on any atom is 0.00959 e. The fraction of sp³-hybridized carbons (Fsp3) is 0.600. The van der Waals surface area contributed by atoms with E-state index in [4.69, 9.17) is 0 Å². The Bertz CT molecular complexity index is 346. The third-order valence-corrected chi connectivity index (χ3v) is 6.34. The molecule has 0 N–H and O–H groups in total. The summed E-state index contributed by atoms with van der Waals surface area (Å²) in [5.74, 6) is 1.90. The van der Waals surface area contributed by atoms with Crippen LogP contribution in [0.15, 0.2) is 29.2 Å². The number of benzene rings is 1. The second kappa shape index (κ2) is 5.79. The molecule has 0 nitrogen and oxygen atoms in total. The molecule has 1 aromatic rings. The Balaban J connectivity index is 1.91. The predicted molar refractivity (Wildman–Crippen MR) is 81.3 cm³/mol. The van der Waals surface area contributed by atoms with E-state index in [1.54, 1.807) is 0 Å². The van der Waals surface area contributed by atoms with Crippen LogP contribution in [0.5, 0.6) is 0 Å². The molecule has 1 fully saturated rings. The van der Waals surface area contributed by atoms with Crippen molar-refractivity contribution < 1.29 is 0 Å². The van der Waals surface area contributed by atoms with Gasteiger partial charge in [0.25, 0.3) is 0 Å². The van der Waals surface area contributed by atoms with Gasteiger partial charge >= 0.3 is 0 Å². The number of hydrogen-bond donors (Lipinski definition) is 0. The molecule has 0 amide bonds. The summed E-state index contributed by atoms with van der Waals surface area (Å²) < 4.78 is 0. The van der Waals surface area contributed by atoms with Gasteiger partial charge in [-0.2, -0.15) is 0 Å². The van der Waals surface area contributed by atoms with E-state index >= 15 is 0 Å². The molecule has 17 heavy (non-hydrogen) atoms. The molecule has 0 aliphatic heterocycles. The Kier molecular flexibility index (Phi) is 4.59. The lowest BCUT2D eigenvalue weighted by Gasteiger charge is -2.40. The van der Waals surface area contributed by atoms with Gasteiger partial charge in [0.05, 0.1) is 0 Å². The fourth-order valence-corrected chi connectivity index (χ4v) is 4.39. The van der Waals surface area contributed by atoms with Crippen molar-refractivity contribution in [2.45, 2.75) is 43.9 Å². The molecule has 2 heteroatoms. The maximum absolute atomic E-state index is 3.67. The molecule has 0 bridgehead atoms. The molecule has 0 radical (unpaired) electrons. The van der Waals surface area contributed by atoms with E-state index in [0.29, 0.717) is 11.3 Å². The second-order valence-corrected chi connectivity index (χ2v) is 7.11. The molecular weight excluding hydrogens is 292 g/mol. The van der Waals surface area contributed by atoms with Crippen LogP contribution in [0.3, 0.4) is 0 Å². The van der Waals surface area contributed by atoms with Gasteiger partial charge < -0.3 is 0 Å². The maximum atomic E-state index is 3.67. The Morgan fingerprint density at radius 2 is 1.88 bits per heavy atom. The van der Waals surface area contributed by atoms with Gasteiger partial charge in [-0.3, -0.25) is 0 Å². The van der Waals surface area contributed by atoms with Crippen LogP contribution in [-0.2, 0) is 0 Å². The van der Waals surface area contributed by atoms with E-state index < -0.39 is 0 Å². The van der Waals surface area contributed by atoms with E-state index in [1.165, 1.54) is 35.5 Å². The van der Waals surface area contributed by atoms with Crippen molar-refractivity contribution in [1.82, 2.24) is 0 Å². The van der Waals surface area contributed by atoms with Crippen LogP contribution in [-0.4, -0.2) is 11.1 Å². The third kappa shape index (κ3) is 3.29. The van der Waals surface area contributed by atoms with Crippen molar-refractivity contribution >= 4 is 27.7 Å². The smallest absolute Gasteiger partial charge is 0.00959 e. The number of rotatable bonds is 5. The van der Waals surface area contributed by atoms with Crippen molar-refractivity contribution in [3.63, 3.8) is 0 Å². The van der Waals surface area contributed by atoms with E-state index in [2.05, 4.69) is 54.0 Å². The van der Waals surface area contributed by atoms with E-state index in [1.807, 2.05) is 11.8 Å². The summed E-state index contributed by atoms with van der Waals surface area (Å²) in [6, 6.07) is 9.10. The number of thioether (sulfide) groups is 1. The summed E-state index contributed by atoms with van der Waals surface area (Å²) in [5.41, 5.74) is 2.02. The quantitative estimate of drug-likeness (QED) is 0.513. The molecule has 1 aliphatic rings. The van der Waals surface area contributed by atoms with Crippen LogP contribution in [0.4, 0.5) is 0 Å². The van der Waals surface area contributed by atoms with Crippen LogP contribution >= 0.6 is 27.7 Å². The van der Waals surface area contributed by atoms with Gasteiger partial charge in [-0.05, 0) is 41.9 Å². The topological polar surface area (TPSA) is 0 Å². The molecule has 0 aromatic heterocycles. The third-order valence-electron chi connectivity index (χ3n) is 3.79. The Morgan fingerprint density at radius 3 is 2.29 bits per heavy atom. The lowest BCUT2D eigenvalue weighted by molar-refractivity contribution is 0.206.